The number of allylic oxidation sites excluding steroid dienone is 7. The summed E-state index contributed by atoms with van der Waals surface area (Å²) in [7, 11) is 0. The molecule has 0 radical (unpaired) electrons. The molecular weight excluding hydrogens is 268 g/mol. The number of ketones is 1. The molecule has 22 heavy (non-hydrogen) atoms. The minimum atomic E-state index is 0.120. The summed E-state index contributed by atoms with van der Waals surface area (Å²) >= 11 is 0. The van der Waals surface area contributed by atoms with Crippen molar-refractivity contribution in [3.63, 3.8) is 0 Å². The zero-order valence-corrected chi connectivity index (χ0v) is 13.8. The Bertz CT molecular complexity index is 634. The molecule has 5 atom stereocenters. The highest BCUT2D eigenvalue weighted by atomic mass is 16.1. The molecule has 0 aromatic rings. The number of rotatable bonds is 1. The highest BCUT2D eigenvalue weighted by Crippen LogP contribution is 2.64. The lowest BCUT2D eigenvalue weighted by atomic mass is 9.48. The van der Waals surface area contributed by atoms with Crippen LogP contribution in [0.1, 0.15) is 46.0 Å². The average Bonchev–Trinajstić information content (AvgIpc) is 2.84. The first kappa shape index (κ1) is 14.2. The normalized spacial score (nSPS) is 46.3. The maximum Gasteiger partial charge on any atom is 0.178 e. The van der Waals surface area contributed by atoms with E-state index in [0.717, 1.165) is 18.3 Å². The van der Waals surface area contributed by atoms with E-state index in [-0.39, 0.29) is 11.2 Å². The molecule has 2 fully saturated rings. The fourth-order valence-corrected chi connectivity index (χ4v) is 6.11. The van der Waals surface area contributed by atoms with Gasteiger partial charge in [0.25, 0.3) is 0 Å². The van der Waals surface area contributed by atoms with Gasteiger partial charge >= 0.3 is 0 Å². The van der Waals surface area contributed by atoms with Crippen molar-refractivity contribution in [2.45, 2.75) is 46.0 Å². The molecule has 116 valence electrons. The molecule has 0 N–H and O–H groups in total. The maximum absolute atomic E-state index is 11.8. The van der Waals surface area contributed by atoms with Crippen LogP contribution in [0.3, 0.4) is 0 Å². The summed E-state index contributed by atoms with van der Waals surface area (Å²) in [6.07, 6.45) is 16.6. The maximum atomic E-state index is 11.8. The Balaban J connectivity index is 1.70. The van der Waals surface area contributed by atoms with Gasteiger partial charge in [0.05, 0.1) is 0 Å². The van der Waals surface area contributed by atoms with Gasteiger partial charge in [-0.3, -0.25) is 4.79 Å². The molecule has 0 spiro atoms. The molecule has 0 bridgehead atoms. The fourth-order valence-electron chi connectivity index (χ4n) is 6.11. The van der Waals surface area contributed by atoms with E-state index in [1.54, 1.807) is 0 Å². The van der Waals surface area contributed by atoms with Gasteiger partial charge in [0.15, 0.2) is 5.78 Å². The third-order valence-electron chi connectivity index (χ3n) is 7.42. The van der Waals surface area contributed by atoms with Crippen LogP contribution in [0.4, 0.5) is 0 Å². The molecule has 1 nitrogen and oxygen atoms in total. The summed E-state index contributed by atoms with van der Waals surface area (Å²) < 4.78 is 0. The van der Waals surface area contributed by atoms with Gasteiger partial charge in [-0.25, -0.2) is 0 Å². The van der Waals surface area contributed by atoms with Gasteiger partial charge in [-0.1, -0.05) is 44.2 Å². The van der Waals surface area contributed by atoms with Crippen LogP contribution in [0, 0.1) is 28.6 Å². The van der Waals surface area contributed by atoms with Crippen molar-refractivity contribution >= 4 is 5.78 Å². The third-order valence-corrected chi connectivity index (χ3v) is 7.42. The highest BCUT2D eigenvalue weighted by molar-refractivity contribution is 6.01. The van der Waals surface area contributed by atoms with Gasteiger partial charge in [-0.05, 0) is 73.0 Å². The van der Waals surface area contributed by atoms with Crippen molar-refractivity contribution in [2.24, 2.45) is 28.6 Å². The molecule has 0 heterocycles. The van der Waals surface area contributed by atoms with Crippen molar-refractivity contribution in [3.8, 4) is 0 Å². The fraction of sp³-hybridized carbons (Fsp3) is 0.571. The lowest BCUT2D eigenvalue weighted by Gasteiger charge is -2.56. The minimum absolute atomic E-state index is 0.120. The first-order valence-corrected chi connectivity index (χ1v) is 8.76. The summed E-state index contributed by atoms with van der Waals surface area (Å²) in [5, 5.41) is 0. The molecule has 2 saturated carbocycles. The lowest BCUT2D eigenvalue weighted by molar-refractivity contribution is -0.111. The predicted molar refractivity (Wildman–Crippen MR) is 90.3 cm³/mol. The number of carbonyl (C=O) groups excluding carboxylic acids is 1. The van der Waals surface area contributed by atoms with Crippen molar-refractivity contribution in [3.05, 3.63) is 48.1 Å². The van der Waals surface area contributed by atoms with Gasteiger partial charge in [0.1, 0.15) is 0 Å². The van der Waals surface area contributed by atoms with E-state index in [1.807, 2.05) is 12.2 Å². The standard InChI is InChI=1S/C21H26O/c1-4-14-6-8-18-17-7-5-15-13-16(22)9-11-21(15,3)19(17)10-12-20(14,18)2/h4,6,9,11,13,17-19H,1,5,7-8,10,12H2,2-3H3. The molecule has 0 saturated heterocycles. The largest absolute Gasteiger partial charge is 0.290 e. The van der Waals surface area contributed by atoms with Crippen LogP contribution >= 0.6 is 0 Å². The molecular formula is C21H26O. The zero-order valence-electron chi connectivity index (χ0n) is 13.8. The summed E-state index contributed by atoms with van der Waals surface area (Å²) in [6, 6.07) is 0. The van der Waals surface area contributed by atoms with Crippen LogP contribution in [-0.4, -0.2) is 5.78 Å². The Labute approximate surface area is 133 Å². The minimum Gasteiger partial charge on any atom is -0.290 e. The number of hydrogen-bond acceptors (Lipinski definition) is 1. The summed E-state index contributed by atoms with van der Waals surface area (Å²) in [5.74, 6) is 2.44. The van der Waals surface area contributed by atoms with E-state index in [4.69, 9.17) is 0 Å². The molecule has 4 aliphatic rings. The monoisotopic (exact) mass is 294 g/mol. The van der Waals surface area contributed by atoms with E-state index >= 15 is 0 Å². The van der Waals surface area contributed by atoms with Gasteiger partial charge < -0.3 is 0 Å². The second-order valence-electron chi connectivity index (χ2n) is 8.16. The first-order chi connectivity index (χ1) is 10.5. The molecule has 0 aromatic heterocycles. The second kappa shape index (κ2) is 4.57. The smallest absolute Gasteiger partial charge is 0.178 e. The third kappa shape index (κ3) is 1.68. The first-order valence-electron chi connectivity index (χ1n) is 8.76. The summed E-state index contributed by atoms with van der Waals surface area (Å²) in [5.41, 5.74) is 3.33. The number of carbonyl (C=O) groups is 1. The van der Waals surface area contributed by atoms with E-state index in [0.29, 0.717) is 11.3 Å². The van der Waals surface area contributed by atoms with E-state index < -0.39 is 0 Å². The molecule has 0 aromatic carbocycles. The second-order valence-corrected chi connectivity index (χ2v) is 8.16. The zero-order chi connectivity index (χ0) is 15.5. The molecule has 4 aliphatic carbocycles. The van der Waals surface area contributed by atoms with Crippen LogP contribution in [0.5, 0.6) is 0 Å². The Hall–Kier alpha value is -1.37. The Morgan fingerprint density at radius 2 is 2.09 bits per heavy atom. The van der Waals surface area contributed by atoms with Crippen molar-refractivity contribution < 1.29 is 4.79 Å². The van der Waals surface area contributed by atoms with Crippen molar-refractivity contribution in [1.82, 2.24) is 0 Å². The summed E-state index contributed by atoms with van der Waals surface area (Å²) in [4.78, 5) is 11.8. The number of hydrogen-bond donors (Lipinski definition) is 0. The molecule has 5 unspecified atom stereocenters. The molecule has 0 amide bonds. The van der Waals surface area contributed by atoms with E-state index in [9.17, 15) is 4.79 Å². The molecule has 4 rings (SSSR count). The topological polar surface area (TPSA) is 17.1 Å². The van der Waals surface area contributed by atoms with Gasteiger partial charge in [0.2, 0.25) is 0 Å². The molecule has 0 aliphatic heterocycles. The van der Waals surface area contributed by atoms with E-state index in [1.165, 1.54) is 36.8 Å². The Morgan fingerprint density at radius 3 is 2.86 bits per heavy atom. The quantitative estimate of drug-likeness (QED) is 0.664. The lowest BCUT2D eigenvalue weighted by Crippen LogP contribution is -2.48. The Kier molecular flexibility index (Phi) is 2.95. The molecule has 1 heteroatoms. The van der Waals surface area contributed by atoms with Crippen LogP contribution in [0.2, 0.25) is 0 Å². The highest BCUT2D eigenvalue weighted by Gasteiger charge is 2.55. The van der Waals surface area contributed by atoms with Crippen molar-refractivity contribution in [1.29, 1.82) is 0 Å². The predicted octanol–water partition coefficient (Wildman–Crippen LogP) is 5.02. The van der Waals surface area contributed by atoms with Crippen LogP contribution in [-0.2, 0) is 4.79 Å². The van der Waals surface area contributed by atoms with Gasteiger partial charge in [-0.15, -0.1) is 0 Å². The van der Waals surface area contributed by atoms with Crippen LogP contribution < -0.4 is 0 Å². The van der Waals surface area contributed by atoms with E-state index in [2.05, 4.69) is 38.7 Å². The Morgan fingerprint density at radius 1 is 1.27 bits per heavy atom. The van der Waals surface area contributed by atoms with Crippen LogP contribution in [0.15, 0.2) is 48.1 Å². The average molecular weight is 294 g/mol. The van der Waals surface area contributed by atoms with Crippen LogP contribution in [0.25, 0.3) is 0 Å². The summed E-state index contributed by atoms with van der Waals surface area (Å²) in [6.45, 7) is 8.88. The SMILES string of the molecule is C=CC1=CCC2C3CCC4=CC(=O)C=CC4(C)C3CCC12C. The van der Waals surface area contributed by atoms with Crippen molar-refractivity contribution in [2.75, 3.05) is 0 Å². The van der Waals surface area contributed by atoms with Gasteiger partial charge in [-0.2, -0.15) is 0 Å². The van der Waals surface area contributed by atoms with Gasteiger partial charge in [0, 0.05) is 5.41 Å². The number of fused-ring (bicyclic) bond motifs is 5.